The molecule has 5 nitrogen and oxygen atoms in total. The highest BCUT2D eigenvalue weighted by atomic mass is 16.1. The van der Waals surface area contributed by atoms with Crippen molar-refractivity contribution in [2.24, 2.45) is 0 Å². The Labute approximate surface area is 135 Å². The van der Waals surface area contributed by atoms with Crippen molar-refractivity contribution in [3.8, 4) is 0 Å². The Morgan fingerprint density at radius 1 is 1.17 bits per heavy atom. The molecule has 23 heavy (non-hydrogen) atoms. The molecule has 0 unspecified atom stereocenters. The fourth-order valence-corrected chi connectivity index (χ4v) is 2.46. The maximum absolute atomic E-state index is 12.5. The molecule has 5 heteroatoms. The van der Waals surface area contributed by atoms with E-state index in [1.54, 1.807) is 12.3 Å². The molecule has 0 aliphatic heterocycles. The third-order valence-electron chi connectivity index (χ3n) is 3.78. The van der Waals surface area contributed by atoms with Crippen molar-refractivity contribution in [2.45, 2.75) is 6.42 Å². The van der Waals surface area contributed by atoms with E-state index in [-0.39, 0.29) is 5.91 Å². The fraction of sp³-hybridized carbons (Fsp3) is 0.222. The average Bonchev–Trinajstić information content (AvgIpc) is 3.02. The first-order valence-electron chi connectivity index (χ1n) is 7.60. The van der Waals surface area contributed by atoms with Crippen LogP contribution in [0.2, 0.25) is 0 Å². The van der Waals surface area contributed by atoms with E-state index < -0.39 is 0 Å². The zero-order valence-corrected chi connectivity index (χ0v) is 13.3. The van der Waals surface area contributed by atoms with Crippen LogP contribution in [0.5, 0.6) is 0 Å². The van der Waals surface area contributed by atoms with Crippen LogP contribution in [0, 0.1) is 0 Å². The second-order valence-electron chi connectivity index (χ2n) is 5.84. The number of hydrogen-bond donors (Lipinski definition) is 2. The lowest BCUT2D eigenvalue weighted by Gasteiger charge is -2.10. The lowest BCUT2D eigenvalue weighted by Crippen LogP contribution is -2.15. The van der Waals surface area contributed by atoms with E-state index in [0.717, 1.165) is 29.6 Å². The Kier molecular flexibility index (Phi) is 4.39. The van der Waals surface area contributed by atoms with E-state index in [4.69, 9.17) is 0 Å². The molecule has 0 bridgehead atoms. The number of hydrogen-bond acceptors (Lipinski definition) is 3. The minimum absolute atomic E-state index is 0.138. The molecular formula is C18H20N4O. The summed E-state index contributed by atoms with van der Waals surface area (Å²) in [6, 6.07) is 13.6. The third kappa shape index (κ3) is 3.57. The Bertz CT molecular complexity index is 805. The fourth-order valence-electron chi connectivity index (χ4n) is 2.46. The summed E-state index contributed by atoms with van der Waals surface area (Å²) in [6.07, 6.45) is 2.71. The van der Waals surface area contributed by atoms with Gasteiger partial charge in [-0.2, -0.15) is 5.10 Å². The monoisotopic (exact) mass is 308 g/mol. The number of H-pyrrole nitrogens is 1. The predicted molar refractivity (Wildman–Crippen MR) is 92.7 cm³/mol. The van der Waals surface area contributed by atoms with Gasteiger partial charge in [0.05, 0.1) is 17.3 Å². The number of aromatic amines is 1. The number of likely N-dealkylation sites (N-methyl/N-ethyl adjacent to an activating group) is 1. The van der Waals surface area contributed by atoms with Gasteiger partial charge in [0, 0.05) is 17.6 Å². The number of nitrogens with zero attached hydrogens (tertiary/aromatic N) is 2. The number of nitrogens with one attached hydrogen (secondary N) is 2. The van der Waals surface area contributed by atoms with Gasteiger partial charge in [-0.25, -0.2) is 0 Å². The number of para-hydroxylation sites is 1. The summed E-state index contributed by atoms with van der Waals surface area (Å²) in [4.78, 5) is 14.6. The van der Waals surface area contributed by atoms with Gasteiger partial charge < -0.3 is 10.2 Å². The second kappa shape index (κ2) is 6.62. The summed E-state index contributed by atoms with van der Waals surface area (Å²) >= 11 is 0. The number of carbonyl (C=O) groups excluding carboxylic acids is 1. The van der Waals surface area contributed by atoms with Gasteiger partial charge in [-0.15, -0.1) is 0 Å². The molecule has 118 valence electrons. The molecule has 0 aliphatic rings. The molecule has 2 N–H and O–H groups in total. The summed E-state index contributed by atoms with van der Waals surface area (Å²) in [5, 5.41) is 10.7. The normalized spacial score (nSPS) is 11.1. The number of amides is 1. The van der Waals surface area contributed by atoms with E-state index in [9.17, 15) is 4.79 Å². The summed E-state index contributed by atoms with van der Waals surface area (Å²) < 4.78 is 0. The molecule has 1 heterocycles. The minimum atomic E-state index is -0.138. The molecule has 1 amide bonds. The summed E-state index contributed by atoms with van der Waals surface area (Å²) in [6.45, 7) is 1.01. The molecule has 0 radical (unpaired) electrons. The summed E-state index contributed by atoms with van der Waals surface area (Å²) in [7, 11) is 4.12. The summed E-state index contributed by atoms with van der Waals surface area (Å²) in [5.41, 5.74) is 3.40. The molecule has 0 atom stereocenters. The van der Waals surface area contributed by atoms with Crippen molar-refractivity contribution in [3.63, 3.8) is 0 Å². The molecule has 0 fully saturated rings. The van der Waals surface area contributed by atoms with Gasteiger partial charge >= 0.3 is 0 Å². The Hall–Kier alpha value is -2.66. The highest BCUT2D eigenvalue weighted by Crippen LogP contribution is 2.18. The van der Waals surface area contributed by atoms with Crippen LogP contribution in [0.3, 0.4) is 0 Å². The highest BCUT2D eigenvalue weighted by Gasteiger charge is 2.11. The molecule has 0 saturated heterocycles. The molecule has 1 aromatic heterocycles. The molecule has 0 saturated carbocycles. The molecule has 0 aliphatic carbocycles. The lowest BCUT2D eigenvalue weighted by molar-refractivity contribution is 0.102. The van der Waals surface area contributed by atoms with Gasteiger partial charge in [-0.05, 0) is 44.3 Å². The van der Waals surface area contributed by atoms with Crippen molar-refractivity contribution in [1.82, 2.24) is 15.1 Å². The van der Waals surface area contributed by atoms with Crippen molar-refractivity contribution >= 4 is 22.5 Å². The van der Waals surface area contributed by atoms with Gasteiger partial charge in [0.1, 0.15) is 0 Å². The zero-order chi connectivity index (χ0) is 16.2. The maximum atomic E-state index is 12.5. The number of rotatable bonds is 5. The smallest absolute Gasteiger partial charge is 0.257 e. The van der Waals surface area contributed by atoms with Gasteiger partial charge in [0.2, 0.25) is 0 Å². The van der Waals surface area contributed by atoms with Crippen LogP contribution in [0.4, 0.5) is 5.69 Å². The topological polar surface area (TPSA) is 61.0 Å². The number of fused-ring (bicyclic) bond motifs is 1. The maximum Gasteiger partial charge on any atom is 0.257 e. The van der Waals surface area contributed by atoms with Gasteiger partial charge in [-0.1, -0.05) is 24.3 Å². The van der Waals surface area contributed by atoms with E-state index in [1.165, 1.54) is 5.56 Å². The van der Waals surface area contributed by atoms with E-state index in [0.29, 0.717) is 5.56 Å². The number of carbonyl (C=O) groups is 1. The van der Waals surface area contributed by atoms with Crippen LogP contribution in [0.1, 0.15) is 15.9 Å². The number of anilines is 1. The van der Waals surface area contributed by atoms with Crippen LogP contribution in [-0.4, -0.2) is 41.6 Å². The van der Waals surface area contributed by atoms with Crippen LogP contribution < -0.4 is 5.32 Å². The first-order valence-corrected chi connectivity index (χ1v) is 7.60. The largest absolute Gasteiger partial charge is 0.322 e. The lowest BCUT2D eigenvalue weighted by atomic mass is 10.1. The highest BCUT2D eigenvalue weighted by molar-refractivity contribution is 6.11. The summed E-state index contributed by atoms with van der Waals surface area (Å²) in [5.74, 6) is -0.138. The Morgan fingerprint density at radius 3 is 2.70 bits per heavy atom. The van der Waals surface area contributed by atoms with E-state index >= 15 is 0 Å². The Morgan fingerprint density at radius 2 is 1.96 bits per heavy atom. The standard InChI is InChI=1S/C18H20N4O/c1-22(2)11-10-13-6-8-15(9-7-13)20-18(23)16-5-3-4-14-12-19-21-17(14)16/h3-9,12H,10-11H2,1-2H3,(H,19,21)(H,20,23). The predicted octanol–water partition coefficient (Wildman–Crippen LogP) is 2.92. The number of aromatic nitrogens is 2. The van der Waals surface area contributed by atoms with Gasteiger partial charge in [0.25, 0.3) is 5.91 Å². The average molecular weight is 308 g/mol. The molecule has 0 spiro atoms. The third-order valence-corrected chi connectivity index (χ3v) is 3.78. The second-order valence-corrected chi connectivity index (χ2v) is 5.84. The van der Waals surface area contributed by atoms with Crippen molar-refractivity contribution in [1.29, 1.82) is 0 Å². The molecular weight excluding hydrogens is 288 g/mol. The zero-order valence-electron chi connectivity index (χ0n) is 13.3. The minimum Gasteiger partial charge on any atom is -0.322 e. The van der Waals surface area contributed by atoms with Crippen molar-refractivity contribution in [2.75, 3.05) is 26.0 Å². The van der Waals surface area contributed by atoms with Crippen molar-refractivity contribution < 1.29 is 4.79 Å². The molecule has 3 rings (SSSR count). The van der Waals surface area contributed by atoms with Crippen LogP contribution in [0.25, 0.3) is 10.9 Å². The van der Waals surface area contributed by atoms with Gasteiger partial charge in [-0.3, -0.25) is 9.89 Å². The molecule has 2 aromatic carbocycles. The SMILES string of the molecule is CN(C)CCc1ccc(NC(=O)c2cccc3cn[nH]c23)cc1. The van der Waals surface area contributed by atoms with Crippen LogP contribution in [0.15, 0.2) is 48.7 Å². The van der Waals surface area contributed by atoms with Crippen molar-refractivity contribution in [3.05, 3.63) is 59.8 Å². The Balaban J connectivity index is 1.71. The van der Waals surface area contributed by atoms with Crippen LogP contribution in [-0.2, 0) is 6.42 Å². The van der Waals surface area contributed by atoms with E-state index in [1.807, 2.05) is 24.3 Å². The number of benzene rings is 2. The first-order chi connectivity index (χ1) is 11.1. The first kappa shape index (κ1) is 15.2. The molecule has 3 aromatic rings. The van der Waals surface area contributed by atoms with Crippen LogP contribution >= 0.6 is 0 Å². The quantitative estimate of drug-likeness (QED) is 0.762. The van der Waals surface area contributed by atoms with Gasteiger partial charge in [0.15, 0.2) is 0 Å². The van der Waals surface area contributed by atoms with E-state index in [2.05, 4.69) is 46.6 Å².